The van der Waals surface area contributed by atoms with Crippen LogP contribution >= 0.6 is 41.6 Å². The van der Waals surface area contributed by atoms with Gasteiger partial charge in [0.15, 0.2) is 0 Å². The van der Waals surface area contributed by atoms with E-state index in [4.69, 9.17) is 11.6 Å². The fourth-order valence-corrected chi connectivity index (χ4v) is 8.88. The number of aromatic nitrogens is 1. The van der Waals surface area contributed by atoms with Crippen LogP contribution in [0.4, 0.5) is 5.69 Å². The van der Waals surface area contributed by atoms with Crippen LogP contribution in [-0.4, -0.2) is 4.98 Å². The number of nitrogens with zero attached hydrogens (tertiary/aromatic N) is 1. The molecule has 0 radical (unpaired) electrons. The summed E-state index contributed by atoms with van der Waals surface area (Å²) in [6.07, 6.45) is 1.74. The predicted octanol–water partition coefficient (Wildman–Crippen LogP) is 5.39. The van der Waals surface area contributed by atoms with Gasteiger partial charge in [0.1, 0.15) is 0 Å². The summed E-state index contributed by atoms with van der Waals surface area (Å²) < 4.78 is 1.05. The summed E-state index contributed by atoms with van der Waals surface area (Å²) in [5.74, 6) is 0. The van der Waals surface area contributed by atoms with Crippen molar-refractivity contribution < 1.29 is 0 Å². The Morgan fingerprint density at radius 2 is 1.11 bits per heavy atom. The molecule has 0 saturated heterocycles. The van der Waals surface area contributed by atoms with Gasteiger partial charge in [-0.05, 0) is 0 Å². The molecule has 140 valence electrons. The molecule has 1 heterocycles. The van der Waals surface area contributed by atoms with Gasteiger partial charge in [-0.2, -0.15) is 0 Å². The third-order valence-electron chi connectivity index (χ3n) is 4.79. The first kappa shape index (κ1) is 19.4. The molecule has 0 bridgehead atoms. The van der Waals surface area contributed by atoms with E-state index >= 15 is 0 Å². The van der Waals surface area contributed by atoms with Gasteiger partial charge in [-0.1, -0.05) is 0 Å². The fourth-order valence-electron chi connectivity index (χ4n) is 3.49. The van der Waals surface area contributed by atoms with E-state index in [9.17, 15) is 0 Å². The third kappa shape index (κ3) is 3.67. The van der Waals surface area contributed by atoms with Crippen LogP contribution in [0, 0.1) is 3.57 Å². The molecule has 3 aromatic carbocycles. The van der Waals surface area contributed by atoms with Crippen molar-refractivity contribution >= 4 is 63.2 Å². The van der Waals surface area contributed by atoms with Crippen molar-refractivity contribution in [1.82, 2.24) is 4.98 Å². The normalized spacial score (nSPS) is 11.8. The van der Waals surface area contributed by atoms with Gasteiger partial charge in [-0.3, -0.25) is 0 Å². The SMILES string of the molecule is Clc1nccc(I)c1N[PH](c1ccccc1)(c1ccccc1)c1ccccc1. The zero-order valence-corrected chi connectivity index (χ0v) is 18.9. The van der Waals surface area contributed by atoms with Crippen molar-refractivity contribution in [2.45, 2.75) is 0 Å². The first-order chi connectivity index (χ1) is 13.7. The van der Waals surface area contributed by atoms with Crippen molar-refractivity contribution in [3.05, 3.63) is 112 Å². The van der Waals surface area contributed by atoms with Crippen molar-refractivity contribution in [2.24, 2.45) is 0 Å². The molecule has 0 atom stereocenters. The molecule has 0 unspecified atom stereocenters. The number of halogens is 2. The molecule has 0 saturated carbocycles. The molecule has 1 aromatic heterocycles. The Balaban J connectivity index is 2.04. The summed E-state index contributed by atoms with van der Waals surface area (Å²) >= 11 is 8.86. The topological polar surface area (TPSA) is 24.9 Å². The molecule has 0 fully saturated rings. The average molecular weight is 517 g/mol. The second-order valence-electron chi connectivity index (χ2n) is 6.43. The van der Waals surface area contributed by atoms with E-state index in [0.717, 1.165) is 9.26 Å². The van der Waals surface area contributed by atoms with Crippen LogP contribution < -0.4 is 21.0 Å². The van der Waals surface area contributed by atoms with Gasteiger partial charge in [0.2, 0.25) is 0 Å². The molecule has 0 aliphatic heterocycles. The predicted molar refractivity (Wildman–Crippen MR) is 132 cm³/mol. The van der Waals surface area contributed by atoms with Crippen LogP contribution in [0.1, 0.15) is 0 Å². The molecule has 0 spiro atoms. The quantitative estimate of drug-likeness (QED) is 0.219. The monoisotopic (exact) mass is 516 g/mol. The molecule has 0 aliphatic carbocycles. The number of hydrogen-bond acceptors (Lipinski definition) is 2. The Kier molecular flexibility index (Phi) is 5.96. The summed E-state index contributed by atoms with van der Waals surface area (Å²) in [4.78, 5) is 4.33. The Labute approximate surface area is 184 Å². The van der Waals surface area contributed by atoms with Gasteiger partial charge in [0.25, 0.3) is 0 Å². The maximum atomic E-state index is 6.54. The van der Waals surface area contributed by atoms with E-state index in [1.54, 1.807) is 6.20 Å². The third-order valence-corrected chi connectivity index (χ3v) is 10.2. The second kappa shape index (κ2) is 8.60. The van der Waals surface area contributed by atoms with Crippen molar-refractivity contribution in [1.29, 1.82) is 0 Å². The van der Waals surface area contributed by atoms with Crippen molar-refractivity contribution in [3.8, 4) is 0 Å². The molecule has 1 N–H and O–H groups in total. The van der Waals surface area contributed by atoms with E-state index in [0.29, 0.717) is 5.15 Å². The Morgan fingerprint density at radius 1 is 0.679 bits per heavy atom. The zero-order chi connectivity index (χ0) is 19.4. The molecule has 28 heavy (non-hydrogen) atoms. The number of rotatable bonds is 5. The first-order valence-corrected chi connectivity index (χ1v) is 12.4. The van der Waals surface area contributed by atoms with Gasteiger partial charge in [0, 0.05) is 0 Å². The summed E-state index contributed by atoms with van der Waals surface area (Å²) in [7, 11) is -2.61. The minimum absolute atomic E-state index is 0.492. The van der Waals surface area contributed by atoms with E-state index in [2.05, 4.69) is 124 Å². The molecular formula is C23H19ClIN2P. The van der Waals surface area contributed by atoms with Gasteiger partial charge >= 0.3 is 185 Å². The zero-order valence-electron chi connectivity index (χ0n) is 15.0. The Morgan fingerprint density at radius 3 is 1.50 bits per heavy atom. The van der Waals surface area contributed by atoms with Crippen LogP contribution in [0.5, 0.6) is 0 Å². The summed E-state index contributed by atoms with van der Waals surface area (Å²) in [6, 6.07) is 34.0. The van der Waals surface area contributed by atoms with E-state index in [1.807, 2.05) is 6.07 Å². The van der Waals surface area contributed by atoms with Crippen LogP contribution in [0.15, 0.2) is 103 Å². The molecule has 4 aromatic rings. The molecule has 5 heteroatoms. The summed E-state index contributed by atoms with van der Waals surface area (Å²) in [5.41, 5.74) is 0.882. The van der Waals surface area contributed by atoms with Gasteiger partial charge < -0.3 is 0 Å². The Hall–Kier alpha value is -1.94. The van der Waals surface area contributed by atoms with Crippen molar-refractivity contribution in [3.63, 3.8) is 0 Å². The van der Waals surface area contributed by atoms with Crippen LogP contribution in [0.2, 0.25) is 5.15 Å². The standard InChI is InChI=1S/C23H19ClIN2P/c24-23-22(21(25)16-17-26-23)27-28(18-10-4-1-5-11-18,19-12-6-2-7-13-19)20-14-8-3-9-15-20/h1-17,27-28H. The first-order valence-electron chi connectivity index (χ1n) is 8.96. The molecular weight excluding hydrogens is 498 g/mol. The summed E-state index contributed by atoms with van der Waals surface area (Å²) in [6.45, 7) is 0. The number of nitrogens with one attached hydrogen (secondary N) is 1. The molecule has 0 amide bonds. The van der Waals surface area contributed by atoms with Crippen LogP contribution in [0.25, 0.3) is 0 Å². The molecule has 4 rings (SSSR count). The van der Waals surface area contributed by atoms with E-state index in [1.165, 1.54) is 15.9 Å². The van der Waals surface area contributed by atoms with E-state index < -0.39 is 7.41 Å². The van der Waals surface area contributed by atoms with Crippen LogP contribution in [-0.2, 0) is 0 Å². The Bertz CT molecular complexity index is 943. The molecule has 2 nitrogen and oxygen atoms in total. The van der Waals surface area contributed by atoms with Gasteiger partial charge in [-0.15, -0.1) is 0 Å². The number of hydrogen-bond donors (Lipinski definition) is 1. The maximum absolute atomic E-state index is 6.54. The van der Waals surface area contributed by atoms with Gasteiger partial charge in [-0.25, -0.2) is 0 Å². The fraction of sp³-hybridized carbons (Fsp3) is 0. The average Bonchev–Trinajstić information content (AvgIpc) is 2.76. The number of anilines is 1. The molecule has 0 aliphatic rings. The van der Waals surface area contributed by atoms with Crippen molar-refractivity contribution in [2.75, 3.05) is 5.09 Å². The number of pyridine rings is 1. The van der Waals surface area contributed by atoms with E-state index in [-0.39, 0.29) is 0 Å². The second-order valence-corrected chi connectivity index (χ2v) is 11.4. The minimum atomic E-state index is -2.61. The summed E-state index contributed by atoms with van der Waals surface area (Å²) in [5, 5.41) is 8.21. The van der Waals surface area contributed by atoms with Crippen LogP contribution in [0.3, 0.4) is 0 Å². The van der Waals surface area contributed by atoms with Gasteiger partial charge in [0.05, 0.1) is 0 Å². The number of benzene rings is 3.